The molecule has 12 heavy (non-hydrogen) atoms. The van der Waals surface area contributed by atoms with Gasteiger partial charge in [0.2, 0.25) is 0 Å². The zero-order valence-electron chi connectivity index (χ0n) is 7.53. The molecule has 0 atom stereocenters. The Hall–Kier alpha value is -0.390. The van der Waals surface area contributed by atoms with Crippen LogP contribution in [0, 0.1) is 0 Å². The fourth-order valence-corrected chi connectivity index (χ4v) is 0.874. The van der Waals surface area contributed by atoms with Gasteiger partial charge in [-0.15, -0.1) is 0 Å². The predicted octanol–water partition coefficient (Wildman–Crippen LogP) is 0.776. The maximum Gasteiger partial charge on any atom is 0.287 e. The molecule has 0 rings (SSSR count). The highest BCUT2D eigenvalue weighted by molar-refractivity contribution is 7.88. The van der Waals surface area contributed by atoms with Crippen LogP contribution in [-0.2, 0) is 10.1 Å². The van der Waals surface area contributed by atoms with Crippen LogP contribution in [0.4, 0.5) is 0 Å². The highest BCUT2D eigenvalue weighted by atomic mass is 32.2. The molecular weight excluding hydrogens is 178 g/mol. The van der Waals surface area contributed by atoms with Crippen LogP contribution in [0.5, 0.6) is 0 Å². The SMILES string of the molecule is CC(C)(C)NC/C=C\S(=O)(=O)O. The van der Waals surface area contributed by atoms with E-state index in [1.165, 1.54) is 6.08 Å². The lowest BCUT2D eigenvalue weighted by molar-refractivity contribution is 0.449. The fourth-order valence-electron chi connectivity index (χ4n) is 0.535. The van der Waals surface area contributed by atoms with Gasteiger partial charge < -0.3 is 5.32 Å². The molecule has 0 amide bonds. The van der Waals surface area contributed by atoms with Gasteiger partial charge in [0.15, 0.2) is 0 Å². The summed E-state index contributed by atoms with van der Waals surface area (Å²) in [5, 5.41) is 3.80. The number of hydrogen-bond donors (Lipinski definition) is 2. The van der Waals surface area contributed by atoms with Crippen molar-refractivity contribution in [3.8, 4) is 0 Å². The molecule has 0 heterocycles. The van der Waals surface area contributed by atoms with Crippen LogP contribution in [0.2, 0.25) is 0 Å². The Morgan fingerprint density at radius 2 is 1.92 bits per heavy atom. The third-order valence-corrected chi connectivity index (χ3v) is 1.55. The van der Waals surface area contributed by atoms with E-state index in [1.54, 1.807) is 0 Å². The van der Waals surface area contributed by atoms with Crippen molar-refractivity contribution in [1.82, 2.24) is 5.32 Å². The maximum atomic E-state index is 10.2. The van der Waals surface area contributed by atoms with Gasteiger partial charge in [-0.1, -0.05) is 6.08 Å². The van der Waals surface area contributed by atoms with Crippen molar-refractivity contribution in [1.29, 1.82) is 0 Å². The van der Waals surface area contributed by atoms with Gasteiger partial charge in [-0.2, -0.15) is 8.42 Å². The summed E-state index contributed by atoms with van der Waals surface area (Å²) >= 11 is 0. The van der Waals surface area contributed by atoms with Crippen molar-refractivity contribution in [3.63, 3.8) is 0 Å². The lowest BCUT2D eigenvalue weighted by Crippen LogP contribution is -2.35. The first-order valence-corrected chi connectivity index (χ1v) is 5.10. The van der Waals surface area contributed by atoms with Gasteiger partial charge >= 0.3 is 0 Å². The van der Waals surface area contributed by atoms with Crippen molar-refractivity contribution in [2.24, 2.45) is 0 Å². The number of rotatable bonds is 3. The largest absolute Gasteiger partial charge is 0.309 e. The minimum absolute atomic E-state index is 0.0520. The van der Waals surface area contributed by atoms with Gasteiger partial charge in [-0.25, -0.2) is 0 Å². The Bertz CT molecular complexity index is 248. The Labute approximate surface area is 73.4 Å². The topological polar surface area (TPSA) is 66.4 Å². The van der Waals surface area contributed by atoms with E-state index in [0.29, 0.717) is 6.54 Å². The molecule has 0 aromatic rings. The van der Waals surface area contributed by atoms with E-state index in [0.717, 1.165) is 5.41 Å². The van der Waals surface area contributed by atoms with Crippen molar-refractivity contribution in [2.45, 2.75) is 26.3 Å². The van der Waals surface area contributed by atoms with Crippen molar-refractivity contribution in [3.05, 3.63) is 11.5 Å². The zero-order valence-corrected chi connectivity index (χ0v) is 8.35. The second-order valence-electron chi connectivity index (χ2n) is 3.52. The summed E-state index contributed by atoms with van der Waals surface area (Å²) in [7, 11) is -3.96. The molecule has 4 nitrogen and oxygen atoms in total. The lowest BCUT2D eigenvalue weighted by Gasteiger charge is -2.18. The third kappa shape index (κ3) is 9.61. The molecule has 0 radical (unpaired) electrons. The van der Waals surface area contributed by atoms with Gasteiger partial charge in [0.1, 0.15) is 0 Å². The third-order valence-electron chi connectivity index (χ3n) is 1.02. The molecule has 5 heteroatoms. The molecule has 0 spiro atoms. The number of nitrogens with one attached hydrogen (secondary N) is 1. The highest BCUT2D eigenvalue weighted by Crippen LogP contribution is 1.97. The Kier molecular flexibility index (Phi) is 3.89. The van der Waals surface area contributed by atoms with Crippen molar-refractivity contribution in [2.75, 3.05) is 6.54 Å². The summed E-state index contributed by atoms with van der Waals surface area (Å²) in [6.45, 7) is 6.32. The van der Waals surface area contributed by atoms with E-state index in [2.05, 4.69) is 5.32 Å². The Morgan fingerprint density at radius 3 is 2.25 bits per heavy atom. The molecule has 0 fully saturated rings. The molecule has 0 bridgehead atoms. The van der Waals surface area contributed by atoms with Crippen LogP contribution in [-0.4, -0.2) is 25.1 Å². The molecule has 0 saturated heterocycles. The van der Waals surface area contributed by atoms with E-state index in [-0.39, 0.29) is 5.54 Å². The normalized spacial score (nSPS) is 14.0. The van der Waals surface area contributed by atoms with E-state index < -0.39 is 10.1 Å². The first kappa shape index (κ1) is 11.6. The second-order valence-corrected chi connectivity index (χ2v) is 4.82. The summed E-state index contributed by atoms with van der Waals surface area (Å²) in [6.07, 6.45) is 1.36. The van der Waals surface area contributed by atoms with Gasteiger partial charge in [0, 0.05) is 12.1 Å². The molecule has 0 aromatic heterocycles. The van der Waals surface area contributed by atoms with Crippen LogP contribution in [0.25, 0.3) is 0 Å². The Morgan fingerprint density at radius 1 is 1.42 bits per heavy atom. The molecule has 2 N–H and O–H groups in total. The Balaban J connectivity index is 3.80. The van der Waals surface area contributed by atoms with E-state index in [9.17, 15) is 8.42 Å². The molecule has 0 aromatic carbocycles. The first-order valence-electron chi connectivity index (χ1n) is 3.60. The van der Waals surface area contributed by atoms with Crippen LogP contribution >= 0.6 is 0 Å². The monoisotopic (exact) mass is 193 g/mol. The van der Waals surface area contributed by atoms with Crippen LogP contribution in [0.1, 0.15) is 20.8 Å². The van der Waals surface area contributed by atoms with Crippen LogP contribution < -0.4 is 5.32 Å². The average Bonchev–Trinajstić information content (AvgIpc) is 1.76. The molecule has 0 saturated carbocycles. The fraction of sp³-hybridized carbons (Fsp3) is 0.714. The number of hydrogen-bond acceptors (Lipinski definition) is 3. The second kappa shape index (κ2) is 4.02. The molecular formula is C7H15NO3S. The summed E-state index contributed by atoms with van der Waals surface area (Å²) in [5.41, 5.74) is -0.0520. The minimum atomic E-state index is -3.96. The summed E-state index contributed by atoms with van der Waals surface area (Å²) in [6, 6.07) is 0. The average molecular weight is 193 g/mol. The quantitative estimate of drug-likeness (QED) is 0.650. The molecule has 0 aliphatic heterocycles. The van der Waals surface area contributed by atoms with Crippen LogP contribution in [0.15, 0.2) is 11.5 Å². The van der Waals surface area contributed by atoms with E-state index in [4.69, 9.17) is 4.55 Å². The first-order chi connectivity index (χ1) is 5.21. The van der Waals surface area contributed by atoms with Crippen LogP contribution in [0.3, 0.4) is 0 Å². The maximum absolute atomic E-state index is 10.2. The van der Waals surface area contributed by atoms with Gasteiger partial charge in [-0.3, -0.25) is 4.55 Å². The van der Waals surface area contributed by atoms with Gasteiger partial charge in [-0.05, 0) is 20.8 Å². The minimum Gasteiger partial charge on any atom is -0.309 e. The summed E-state index contributed by atoms with van der Waals surface area (Å²) < 4.78 is 28.7. The summed E-state index contributed by atoms with van der Waals surface area (Å²) in [4.78, 5) is 0. The zero-order chi connectivity index (χ0) is 9.83. The molecule has 0 aliphatic rings. The molecule has 0 aliphatic carbocycles. The lowest BCUT2D eigenvalue weighted by atomic mass is 10.1. The van der Waals surface area contributed by atoms with Crippen molar-refractivity contribution >= 4 is 10.1 Å². The smallest absolute Gasteiger partial charge is 0.287 e. The summed E-state index contributed by atoms with van der Waals surface area (Å²) in [5.74, 6) is 0. The predicted molar refractivity (Wildman–Crippen MR) is 48.4 cm³/mol. The van der Waals surface area contributed by atoms with E-state index >= 15 is 0 Å². The highest BCUT2D eigenvalue weighted by Gasteiger charge is 2.06. The van der Waals surface area contributed by atoms with Crippen molar-refractivity contribution < 1.29 is 13.0 Å². The van der Waals surface area contributed by atoms with E-state index in [1.807, 2.05) is 20.8 Å². The molecule has 0 unspecified atom stereocenters. The standard InChI is InChI=1S/C7H15NO3S/c1-7(2,3)8-5-4-6-12(9,10)11/h4,6,8H,5H2,1-3H3,(H,9,10,11)/b6-4-. The van der Waals surface area contributed by atoms with Gasteiger partial charge in [0.05, 0.1) is 5.41 Å². The van der Waals surface area contributed by atoms with Gasteiger partial charge in [0.25, 0.3) is 10.1 Å². The molecule has 72 valence electrons.